The van der Waals surface area contributed by atoms with Gasteiger partial charge in [-0.1, -0.05) is 17.7 Å². The zero-order valence-corrected chi connectivity index (χ0v) is 14.8. The maximum absolute atomic E-state index is 12.5. The Balaban J connectivity index is 1.71. The van der Waals surface area contributed by atoms with Crippen molar-refractivity contribution in [1.82, 2.24) is 14.3 Å². The van der Waals surface area contributed by atoms with Crippen molar-refractivity contribution in [3.63, 3.8) is 0 Å². The molecule has 1 amide bonds. The standard InChI is InChI=1S/C18H20ClN3O3/c1-2-25-18(24)13-6-5-10-21(12-13)16(23)9-8-14-17(19)20-15-7-3-4-11-22(14)15/h3-4,7-9,11,13H,2,5-6,10,12H2,1H3/b9-8+. The lowest BCUT2D eigenvalue weighted by molar-refractivity contribution is -0.150. The van der Waals surface area contributed by atoms with E-state index in [1.54, 1.807) is 17.9 Å². The molecule has 2 aromatic rings. The van der Waals surface area contributed by atoms with Crippen LogP contribution >= 0.6 is 11.6 Å². The van der Waals surface area contributed by atoms with Gasteiger partial charge in [0.2, 0.25) is 5.91 Å². The number of hydrogen-bond donors (Lipinski definition) is 0. The number of hydrogen-bond acceptors (Lipinski definition) is 4. The van der Waals surface area contributed by atoms with Crippen molar-refractivity contribution in [3.8, 4) is 0 Å². The number of carbonyl (C=O) groups excluding carboxylic acids is 2. The zero-order valence-electron chi connectivity index (χ0n) is 14.0. The van der Waals surface area contributed by atoms with Gasteiger partial charge in [-0.05, 0) is 38.0 Å². The highest BCUT2D eigenvalue weighted by atomic mass is 35.5. The van der Waals surface area contributed by atoms with E-state index in [2.05, 4.69) is 4.98 Å². The third kappa shape index (κ3) is 3.85. The number of likely N-dealkylation sites (tertiary alicyclic amines) is 1. The fraction of sp³-hybridized carbons (Fsp3) is 0.389. The van der Waals surface area contributed by atoms with Gasteiger partial charge < -0.3 is 9.64 Å². The average molecular weight is 362 g/mol. The molecule has 2 aromatic heterocycles. The SMILES string of the molecule is CCOC(=O)C1CCCN(C(=O)/C=C/c2c(Cl)nc3ccccn23)C1. The Labute approximate surface area is 151 Å². The second-order valence-corrected chi connectivity index (χ2v) is 6.28. The Hall–Kier alpha value is -2.34. The van der Waals surface area contributed by atoms with Crippen molar-refractivity contribution in [2.45, 2.75) is 19.8 Å². The van der Waals surface area contributed by atoms with Crippen LogP contribution in [-0.2, 0) is 14.3 Å². The molecule has 1 aliphatic heterocycles. The fourth-order valence-corrected chi connectivity index (χ4v) is 3.26. The molecule has 0 spiro atoms. The van der Waals surface area contributed by atoms with Gasteiger partial charge in [0.1, 0.15) is 5.65 Å². The normalized spacial score (nSPS) is 18.0. The molecule has 0 bridgehead atoms. The molecule has 3 heterocycles. The molecule has 0 radical (unpaired) electrons. The van der Waals surface area contributed by atoms with Gasteiger partial charge in [-0.2, -0.15) is 0 Å². The zero-order chi connectivity index (χ0) is 17.8. The van der Waals surface area contributed by atoms with E-state index in [1.807, 2.05) is 28.8 Å². The Bertz CT molecular complexity index is 815. The number of pyridine rings is 1. The largest absolute Gasteiger partial charge is 0.466 e. The number of imidazole rings is 1. The molecule has 3 rings (SSSR count). The van der Waals surface area contributed by atoms with Gasteiger partial charge in [-0.15, -0.1) is 0 Å². The van der Waals surface area contributed by atoms with E-state index < -0.39 is 0 Å². The Morgan fingerprint density at radius 3 is 3.08 bits per heavy atom. The van der Waals surface area contributed by atoms with E-state index in [4.69, 9.17) is 16.3 Å². The third-order valence-electron chi connectivity index (χ3n) is 4.26. The molecule has 132 valence electrons. The molecule has 1 unspecified atom stereocenters. The number of ether oxygens (including phenoxy) is 1. The van der Waals surface area contributed by atoms with E-state index in [0.29, 0.717) is 30.5 Å². The summed E-state index contributed by atoms with van der Waals surface area (Å²) in [7, 11) is 0. The summed E-state index contributed by atoms with van der Waals surface area (Å²) >= 11 is 6.17. The van der Waals surface area contributed by atoms with Gasteiger partial charge in [-0.3, -0.25) is 14.0 Å². The smallest absolute Gasteiger partial charge is 0.310 e. The number of aromatic nitrogens is 2. The van der Waals surface area contributed by atoms with Crippen molar-refractivity contribution in [3.05, 3.63) is 41.3 Å². The summed E-state index contributed by atoms with van der Waals surface area (Å²) in [4.78, 5) is 30.3. The monoisotopic (exact) mass is 361 g/mol. The maximum Gasteiger partial charge on any atom is 0.310 e. The minimum atomic E-state index is -0.245. The number of carbonyl (C=O) groups is 2. The highest BCUT2D eigenvalue weighted by Gasteiger charge is 2.28. The molecule has 1 atom stereocenters. The first-order valence-electron chi connectivity index (χ1n) is 8.36. The minimum Gasteiger partial charge on any atom is -0.466 e. The van der Waals surface area contributed by atoms with Crippen LogP contribution in [0.2, 0.25) is 5.15 Å². The summed E-state index contributed by atoms with van der Waals surface area (Å²) in [6.45, 7) is 3.17. The topological polar surface area (TPSA) is 63.9 Å². The molecule has 6 nitrogen and oxygen atoms in total. The van der Waals surface area contributed by atoms with Crippen LogP contribution in [0.3, 0.4) is 0 Å². The molecular weight excluding hydrogens is 342 g/mol. The van der Waals surface area contributed by atoms with E-state index in [9.17, 15) is 9.59 Å². The van der Waals surface area contributed by atoms with Crippen LogP contribution in [0.4, 0.5) is 0 Å². The maximum atomic E-state index is 12.5. The molecule has 1 aliphatic rings. The van der Waals surface area contributed by atoms with Gasteiger partial charge in [-0.25, -0.2) is 4.98 Å². The predicted molar refractivity (Wildman–Crippen MR) is 95.2 cm³/mol. The lowest BCUT2D eigenvalue weighted by atomic mass is 9.98. The number of rotatable bonds is 4. The first kappa shape index (κ1) is 17.5. The van der Waals surface area contributed by atoms with Crippen molar-refractivity contribution >= 4 is 35.2 Å². The lowest BCUT2D eigenvalue weighted by Crippen LogP contribution is -2.42. The van der Waals surface area contributed by atoms with Crippen LogP contribution in [0, 0.1) is 5.92 Å². The quantitative estimate of drug-likeness (QED) is 0.620. The second-order valence-electron chi connectivity index (χ2n) is 5.93. The number of fused-ring (bicyclic) bond motifs is 1. The summed E-state index contributed by atoms with van der Waals surface area (Å²) in [6.07, 6.45) is 6.54. The minimum absolute atomic E-state index is 0.143. The first-order valence-corrected chi connectivity index (χ1v) is 8.74. The van der Waals surface area contributed by atoms with Crippen molar-refractivity contribution in [2.24, 2.45) is 5.92 Å². The summed E-state index contributed by atoms with van der Waals surface area (Å²) in [5.41, 5.74) is 1.38. The Kier molecular flexibility index (Phi) is 5.38. The molecule has 1 saturated heterocycles. The first-order chi connectivity index (χ1) is 12.1. The number of halogens is 1. The molecule has 0 N–H and O–H groups in total. The van der Waals surface area contributed by atoms with Crippen LogP contribution in [0.5, 0.6) is 0 Å². The van der Waals surface area contributed by atoms with Crippen LogP contribution in [0.25, 0.3) is 11.7 Å². The van der Waals surface area contributed by atoms with E-state index in [1.165, 1.54) is 6.08 Å². The van der Waals surface area contributed by atoms with Gasteiger partial charge >= 0.3 is 5.97 Å². The van der Waals surface area contributed by atoms with Gasteiger partial charge in [0, 0.05) is 25.4 Å². The Morgan fingerprint density at radius 2 is 2.28 bits per heavy atom. The van der Waals surface area contributed by atoms with Crippen LogP contribution in [0.1, 0.15) is 25.5 Å². The van der Waals surface area contributed by atoms with Gasteiger partial charge in [0.25, 0.3) is 0 Å². The highest BCUT2D eigenvalue weighted by Crippen LogP contribution is 2.21. The number of nitrogens with zero attached hydrogens (tertiary/aromatic N) is 3. The summed E-state index contributed by atoms with van der Waals surface area (Å²) in [6, 6.07) is 5.60. The highest BCUT2D eigenvalue weighted by molar-refractivity contribution is 6.31. The van der Waals surface area contributed by atoms with E-state index in [-0.39, 0.29) is 17.8 Å². The van der Waals surface area contributed by atoms with Crippen LogP contribution in [-0.4, -0.2) is 45.9 Å². The van der Waals surface area contributed by atoms with Gasteiger partial charge in [0.05, 0.1) is 18.2 Å². The summed E-state index contributed by atoms with van der Waals surface area (Å²) in [5, 5.41) is 0.346. The molecule has 0 saturated carbocycles. The second kappa shape index (κ2) is 7.70. The van der Waals surface area contributed by atoms with Crippen molar-refractivity contribution in [2.75, 3.05) is 19.7 Å². The lowest BCUT2D eigenvalue weighted by Gasteiger charge is -2.30. The molecule has 1 fully saturated rings. The third-order valence-corrected chi connectivity index (χ3v) is 4.54. The molecule has 25 heavy (non-hydrogen) atoms. The van der Waals surface area contributed by atoms with E-state index in [0.717, 1.165) is 18.5 Å². The van der Waals surface area contributed by atoms with Crippen molar-refractivity contribution in [1.29, 1.82) is 0 Å². The van der Waals surface area contributed by atoms with Crippen LogP contribution in [0.15, 0.2) is 30.5 Å². The number of amides is 1. The summed E-state index contributed by atoms with van der Waals surface area (Å²) in [5.74, 6) is -0.616. The summed E-state index contributed by atoms with van der Waals surface area (Å²) < 4.78 is 6.89. The molecule has 0 aliphatic carbocycles. The molecule has 0 aromatic carbocycles. The predicted octanol–water partition coefficient (Wildman–Crippen LogP) is 2.80. The Morgan fingerprint density at radius 1 is 1.44 bits per heavy atom. The molecule has 7 heteroatoms. The fourth-order valence-electron chi connectivity index (χ4n) is 3.02. The van der Waals surface area contributed by atoms with Gasteiger partial charge in [0.15, 0.2) is 5.15 Å². The number of esters is 1. The average Bonchev–Trinajstić information content (AvgIpc) is 2.95. The van der Waals surface area contributed by atoms with E-state index >= 15 is 0 Å². The van der Waals surface area contributed by atoms with Crippen molar-refractivity contribution < 1.29 is 14.3 Å². The number of piperidine rings is 1. The molecular formula is C18H20ClN3O3. The van der Waals surface area contributed by atoms with Crippen LogP contribution < -0.4 is 0 Å².